The molecule has 5 heteroatoms. The molecular formula is C15H18ClNO3. The van der Waals surface area contributed by atoms with E-state index in [0.717, 1.165) is 12.0 Å². The molecule has 2 rings (SSSR count). The van der Waals surface area contributed by atoms with Crippen LogP contribution in [0.5, 0.6) is 0 Å². The molecule has 0 saturated heterocycles. The van der Waals surface area contributed by atoms with Gasteiger partial charge in [0.25, 0.3) is 0 Å². The molecule has 0 aliphatic heterocycles. The maximum Gasteiger partial charge on any atom is 0.309 e. The summed E-state index contributed by atoms with van der Waals surface area (Å²) in [6.07, 6.45) is 1.04. The Balaban J connectivity index is 1.76. The Morgan fingerprint density at radius 1 is 1.30 bits per heavy atom. The second kappa shape index (κ2) is 6.27. The van der Waals surface area contributed by atoms with Gasteiger partial charge in [-0.15, -0.1) is 0 Å². The summed E-state index contributed by atoms with van der Waals surface area (Å²) in [5.41, 5.74) is 1.11. The van der Waals surface area contributed by atoms with E-state index in [4.69, 9.17) is 16.3 Å². The van der Waals surface area contributed by atoms with Crippen LogP contribution in [0, 0.1) is 5.92 Å². The van der Waals surface area contributed by atoms with E-state index >= 15 is 0 Å². The highest BCUT2D eigenvalue weighted by Gasteiger charge is 2.45. The van der Waals surface area contributed by atoms with Gasteiger partial charge in [0.1, 0.15) is 6.61 Å². The molecule has 0 aromatic heterocycles. The molecule has 1 aliphatic carbocycles. The lowest BCUT2D eigenvalue weighted by Crippen LogP contribution is -2.23. The van der Waals surface area contributed by atoms with Crippen molar-refractivity contribution in [3.63, 3.8) is 0 Å². The van der Waals surface area contributed by atoms with Gasteiger partial charge in [0.05, 0.1) is 12.3 Å². The van der Waals surface area contributed by atoms with Crippen molar-refractivity contribution in [2.45, 2.75) is 18.8 Å². The number of nitrogens with zero attached hydrogens (tertiary/aromatic N) is 1. The van der Waals surface area contributed by atoms with Gasteiger partial charge in [-0.1, -0.05) is 23.7 Å². The summed E-state index contributed by atoms with van der Waals surface area (Å²) in [6, 6.07) is 7.53. The highest BCUT2D eigenvalue weighted by atomic mass is 35.5. The number of halogens is 1. The molecule has 0 spiro atoms. The van der Waals surface area contributed by atoms with Gasteiger partial charge < -0.3 is 9.64 Å². The van der Waals surface area contributed by atoms with Crippen molar-refractivity contribution in [1.82, 2.24) is 4.90 Å². The number of hydrogen-bond acceptors (Lipinski definition) is 3. The first-order valence-electron chi connectivity index (χ1n) is 6.61. The van der Waals surface area contributed by atoms with Crippen LogP contribution in [0.1, 0.15) is 24.3 Å². The molecule has 4 nitrogen and oxygen atoms in total. The molecule has 2 unspecified atom stereocenters. The van der Waals surface area contributed by atoms with Crippen molar-refractivity contribution < 1.29 is 14.3 Å². The van der Waals surface area contributed by atoms with Crippen LogP contribution in [-0.2, 0) is 14.3 Å². The first-order chi connectivity index (χ1) is 9.49. The number of rotatable bonds is 5. The van der Waals surface area contributed by atoms with Crippen LogP contribution >= 0.6 is 11.6 Å². The van der Waals surface area contributed by atoms with Crippen LogP contribution in [0.25, 0.3) is 0 Å². The molecule has 0 N–H and O–H groups in total. The molecule has 0 radical (unpaired) electrons. The summed E-state index contributed by atoms with van der Waals surface area (Å²) >= 11 is 5.83. The highest BCUT2D eigenvalue weighted by molar-refractivity contribution is 6.30. The molecule has 2 atom stereocenters. The maximum absolute atomic E-state index is 11.8. The minimum absolute atomic E-state index is 0.0390. The SMILES string of the molecule is CN(C)C(=O)CCOC(=O)C1CC1c1ccc(Cl)cc1. The van der Waals surface area contributed by atoms with E-state index in [1.165, 1.54) is 4.90 Å². The van der Waals surface area contributed by atoms with Crippen molar-refractivity contribution in [3.8, 4) is 0 Å². The maximum atomic E-state index is 11.8. The van der Waals surface area contributed by atoms with Crippen LogP contribution in [0.4, 0.5) is 0 Å². The van der Waals surface area contributed by atoms with Crippen LogP contribution in [-0.4, -0.2) is 37.5 Å². The first kappa shape index (κ1) is 14.9. The molecule has 1 amide bonds. The van der Waals surface area contributed by atoms with E-state index in [1.807, 2.05) is 24.3 Å². The van der Waals surface area contributed by atoms with Crippen molar-refractivity contribution >= 4 is 23.5 Å². The summed E-state index contributed by atoms with van der Waals surface area (Å²) in [6.45, 7) is 0.152. The smallest absolute Gasteiger partial charge is 0.309 e. The van der Waals surface area contributed by atoms with E-state index in [-0.39, 0.29) is 36.7 Å². The predicted octanol–water partition coefficient (Wildman–Crippen LogP) is 2.47. The molecule has 0 bridgehead atoms. The van der Waals surface area contributed by atoms with Crippen LogP contribution < -0.4 is 0 Å². The van der Waals surface area contributed by atoms with Crippen LogP contribution in [0.3, 0.4) is 0 Å². The predicted molar refractivity (Wildman–Crippen MR) is 76.6 cm³/mol. The number of benzene rings is 1. The highest BCUT2D eigenvalue weighted by Crippen LogP contribution is 2.48. The molecule has 1 aromatic rings. The standard InChI is InChI=1S/C15H18ClNO3/c1-17(2)14(18)7-8-20-15(19)13-9-12(13)10-3-5-11(16)6-4-10/h3-6,12-13H,7-9H2,1-2H3. The van der Waals surface area contributed by atoms with Crippen molar-refractivity contribution in [2.24, 2.45) is 5.92 Å². The van der Waals surface area contributed by atoms with E-state index in [9.17, 15) is 9.59 Å². The minimum atomic E-state index is -0.212. The topological polar surface area (TPSA) is 46.6 Å². The van der Waals surface area contributed by atoms with E-state index in [1.54, 1.807) is 14.1 Å². The quantitative estimate of drug-likeness (QED) is 0.784. The zero-order valence-corrected chi connectivity index (χ0v) is 12.4. The van der Waals surface area contributed by atoms with Crippen LogP contribution in [0.2, 0.25) is 5.02 Å². The number of carbonyl (C=O) groups excluding carboxylic acids is 2. The molecule has 0 heterocycles. The summed E-state index contributed by atoms with van der Waals surface area (Å²) in [7, 11) is 3.36. The third-order valence-corrected chi connectivity index (χ3v) is 3.70. The average molecular weight is 296 g/mol. The largest absolute Gasteiger partial charge is 0.465 e. The van der Waals surface area contributed by atoms with Gasteiger partial charge in [-0.25, -0.2) is 0 Å². The second-order valence-electron chi connectivity index (χ2n) is 5.21. The number of carbonyl (C=O) groups is 2. The molecule has 108 valence electrons. The molecule has 1 saturated carbocycles. The molecule has 1 aromatic carbocycles. The van der Waals surface area contributed by atoms with Gasteiger partial charge in [0.2, 0.25) is 5.91 Å². The Hall–Kier alpha value is -1.55. The Morgan fingerprint density at radius 2 is 1.95 bits per heavy atom. The number of ether oxygens (including phenoxy) is 1. The van der Waals surface area contributed by atoms with E-state index < -0.39 is 0 Å². The lowest BCUT2D eigenvalue weighted by atomic mass is 10.1. The molecule has 1 aliphatic rings. The monoisotopic (exact) mass is 295 g/mol. The molecular weight excluding hydrogens is 278 g/mol. The number of esters is 1. The van der Waals surface area contributed by atoms with Gasteiger partial charge in [-0.2, -0.15) is 0 Å². The Morgan fingerprint density at radius 3 is 2.55 bits per heavy atom. The van der Waals surface area contributed by atoms with Crippen molar-refractivity contribution in [2.75, 3.05) is 20.7 Å². The average Bonchev–Trinajstić information content (AvgIpc) is 3.19. The zero-order valence-electron chi connectivity index (χ0n) is 11.6. The van der Waals surface area contributed by atoms with Gasteiger partial charge >= 0.3 is 5.97 Å². The Kier molecular flexibility index (Phi) is 4.65. The third-order valence-electron chi connectivity index (χ3n) is 3.45. The lowest BCUT2D eigenvalue weighted by Gasteiger charge is -2.10. The number of amides is 1. The van der Waals surface area contributed by atoms with Gasteiger partial charge in [-0.05, 0) is 30.0 Å². The first-order valence-corrected chi connectivity index (χ1v) is 6.99. The molecule has 20 heavy (non-hydrogen) atoms. The van der Waals surface area contributed by atoms with Crippen molar-refractivity contribution in [3.05, 3.63) is 34.9 Å². The molecule has 1 fully saturated rings. The van der Waals surface area contributed by atoms with Gasteiger partial charge in [0, 0.05) is 19.1 Å². The fraction of sp³-hybridized carbons (Fsp3) is 0.467. The minimum Gasteiger partial charge on any atom is -0.465 e. The zero-order chi connectivity index (χ0) is 14.7. The summed E-state index contributed by atoms with van der Waals surface area (Å²) < 4.78 is 5.15. The fourth-order valence-corrected chi connectivity index (χ4v) is 2.23. The number of hydrogen-bond donors (Lipinski definition) is 0. The normalized spacial score (nSPS) is 20.4. The third kappa shape index (κ3) is 3.73. The van der Waals surface area contributed by atoms with E-state index in [2.05, 4.69) is 0 Å². The van der Waals surface area contributed by atoms with Gasteiger partial charge in [-0.3, -0.25) is 9.59 Å². The van der Waals surface area contributed by atoms with E-state index in [0.29, 0.717) is 5.02 Å². The van der Waals surface area contributed by atoms with Crippen LogP contribution in [0.15, 0.2) is 24.3 Å². The summed E-state index contributed by atoms with van der Waals surface area (Å²) in [4.78, 5) is 24.7. The lowest BCUT2D eigenvalue weighted by molar-refractivity contribution is -0.146. The summed E-state index contributed by atoms with van der Waals surface area (Å²) in [5.74, 6) is -0.102. The second-order valence-corrected chi connectivity index (χ2v) is 5.64. The van der Waals surface area contributed by atoms with Gasteiger partial charge in [0.15, 0.2) is 0 Å². The summed E-state index contributed by atoms with van der Waals surface area (Å²) in [5, 5.41) is 0.690. The Bertz CT molecular complexity index is 498. The fourth-order valence-electron chi connectivity index (χ4n) is 2.10. The van der Waals surface area contributed by atoms with Crippen molar-refractivity contribution in [1.29, 1.82) is 0 Å². The Labute approximate surface area is 123 Å².